The van der Waals surface area contributed by atoms with Gasteiger partial charge in [0.2, 0.25) is 5.88 Å². The molecule has 2 aromatic carbocycles. The number of nitrogens with zero attached hydrogens (tertiary/aromatic N) is 4. The van der Waals surface area contributed by atoms with E-state index in [0.29, 0.717) is 11.4 Å². The predicted octanol–water partition coefficient (Wildman–Crippen LogP) is 5.87. The Labute approximate surface area is 239 Å². The van der Waals surface area contributed by atoms with Crippen molar-refractivity contribution in [2.45, 2.75) is 83.2 Å². The zero-order valence-electron chi connectivity index (χ0n) is 23.5. The maximum atomic E-state index is 14.1. The number of hydrogen-bond donors (Lipinski definition) is 1. The highest BCUT2D eigenvalue weighted by Crippen LogP contribution is 2.34. The van der Waals surface area contributed by atoms with Crippen molar-refractivity contribution >= 4 is 23.4 Å². The average molecular weight is 553 g/mol. The number of aryl methyl sites for hydroxylation is 1. The van der Waals surface area contributed by atoms with E-state index in [4.69, 9.17) is 5.10 Å². The number of aromatic nitrogens is 2. The third-order valence-corrected chi connectivity index (χ3v) is 8.77. The van der Waals surface area contributed by atoms with Crippen LogP contribution in [0, 0.1) is 6.92 Å². The molecule has 2 saturated carbocycles. The molecule has 8 nitrogen and oxygen atoms in total. The molecule has 0 saturated heterocycles. The summed E-state index contributed by atoms with van der Waals surface area (Å²) >= 11 is 0. The summed E-state index contributed by atoms with van der Waals surface area (Å²) in [6.07, 6.45) is 10.5. The summed E-state index contributed by atoms with van der Waals surface area (Å²) in [5.41, 5.74) is 1.85. The van der Waals surface area contributed by atoms with Crippen LogP contribution >= 0.6 is 0 Å². The van der Waals surface area contributed by atoms with Crippen molar-refractivity contribution in [2.24, 2.45) is 5.10 Å². The number of rotatable bonds is 5. The zero-order valence-corrected chi connectivity index (χ0v) is 23.5. The molecule has 1 aromatic heterocycles. The molecule has 0 spiro atoms. The molecular weight excluding hydrogens is 516 g/mol. The fraction of sp³-hybridized carbons (Fsp3) is 0.394. The molecule has 3 aliphatic rings. The monoisotopic (exact) mass is 552 g/mol. The van der Waals surface area contributed by atoms with E-state index in [1.54, 1.807) is 0 Å². The van der Waals surface area contributed by atoms with Crippen LogP contribution in [-0.2, 0) is 4.79 Å². The van der Waals surface area contributed by atoms with Gasteiger partial charge in [-0.1, -0.05) is 87.1 Å². The Bertz CT molecular complexity index is 1640. The lowest BCUT2D eigenvalue weighted by molar-refractivity contribution is -0.114. The average Bonchev–Trinajstić information content (AvgIpc) is 3.32. The van der Waals surface area contributed by atoms with Crippen LogP contribution in [0.5, 0.6) is 5.88 Å². The van der Waals surface area contributed by atoms with E-state index in [0.717, 1.165) is 75.3 Å². The van der Waals surface area contributed by atoms with Gasteiger partial charge in [0.25, 0.3) is 11.5 Å². The molecule has 1 N–H and O–H groups in total. The van der Waals surface area contributed by atoms with Crippen LogP contribution in [0.15, 0.2) is 74.9 Å². The van der Waals surface area contributed by atoms with Crippen molar-refractivity contribution in [1.82, 2.24) is 9.13 Å². The quantitative estimate of drug-likeness (QED) is 0.401. The number of amides is 1. The molecule has 3 aromatic rings. The molecule has 2 aliphatic carbocycles. The molecule has 1 amide bonds. The number of benzene rings is 2. The minimum Gasteiger partial charge on any atom is -0.494 e. The van der Waals surface area contributed by atoms with E-state index in [1.807, 2.05) is 61.5 Å². The Morgan fingerprint density at radius 1 is 0.780 bits per heavy atom. The van der Waals surface area contributed by atoms with Crippen molar-refractivity contribution < 1.29 is 9.90 Å². The van der Waals surface area contributed by atoms with Crippen molar-refractivity contribution in [3.63, 3.8) is 0 Å². The molecule has 2 fully saturated rings. The number of anilines is 1. The molecule has 0 unspecified atom stereocenters. The van der Waals surface area contributed by atoms with Gasteiger partial charge < -0.3 is 5.11 Å². The standard InChI is InChI=1S/C33H36N4O4/c1-22-13-11-12-20-28(22)37-32(40)26(29(34-37)23-14-5-2-6-15-23)21-27-30(38)35(24-16-7-3-8-17-24)33(41)36(31(27)39)25-18-9-4-10-19-25/h2,5-6,11-15,20-21,24-25,38H,3-4,7-10,16-19H2,1H3/b26-21-. The van der Waals surface area contributed by atoms with Gasteiger partial charge in [-0.3, -0.25) is 18.7 Å². The Kier molecular flexibility index (Phi) is 7.47. The fourth-order valence-electron chi connectivity index (χ4n) is 6.57. The van der Waals surface area contributed by atoms with Crippen LogP contribution in [0.3, 0.4) is 0 Å². The van der Waals surface area contributed by atoms with Crippen molar-refractivity contribution in [3.05, 3.63) is 97.7 Å². The number of aromatic hydroxyl groups is 1. The summed E-state index contributed by atoms with van der Waals surface area (Å²) in [7, 11) is 0. The van der Waals surface area contributed by atoms with Gasteiger partial charge in [0.15, 0.2) is 0 Å². The lowest BCUT2D eigenvalue weighted by Gasteiger charge is -2.29. The van der Waals surface area contributed by atoms with E-state index in [-0.39, 0.29) is 29.1 Å². The maximum absolute atomic E-state index is 14.1. The van der Waals surface area contributed by atoms with E-state index < -0.39 is 17.2 Å². The second-order valence-corrected chi connectivity index (χ2v) is 11.4. The number of para-hydroxylation sites is 1. The van der Waals surface area contributed by atoms with Crippen LogP contribution in [0.25, 0.3) is 6.08 Å². The molecule has 8 heteroatoms. The first-order valence-corrected chi connectivity index (χ1v) is 14.8. The molecule has 212 valence electrons. The van der Waals surface area contributed by atoms with Crippen LogP contribution in [-0.4, -0.2) is 25.9 Å². The summed E-state index contributed by atoms with van der Waals surface area (Å²) < 4.78 is 2.79. The Morgan fingerprint density at radius 3 is 2.00 bits per heavy atom. The molecular formula is C33H36N4O4. The molecule has 41 heavy (non-hydrogen) atoms. The highest BCUT2D eigenvalue weighted by atomic mass is 16.3. The van der Waals surface area contributed by atoms with Gasteiger partial charge in [-0.25, -0.2) is 4.79 Å². The van der Waals surface area contributed by atoms with Gasteiger partial charge in [-0.05, 0) is 50.3 Å². The predicted molar refractivity (Wildman–Crippen MR) is 160 cm³/mol. The molecule has 2 heterocycles. The van der Waals surface area contributed by atoms with Crippen LogP contribution < -0.4 is 16.3 Å². The second-order valence-electron chi connectivity index (χ2n) is 11.4. The van der Waals surface area contributed by atoms with Gasteiger partial charge in [0, 0.05) is 17.6 Å². The molecule has 6 rings (SSSR count). The number of hydrazone groups is 1. The summed E-state index contributed by atoms with van der Waals surface area (Å²) in [6, 6.07) is 16.4. The van der Waals surface area contributed by atoms with Gasteiger partial charge in [-0.2, -0.15) is 10.1 Å². The molecule has 0 atom stereocenters. The second kappa shape index (κ2) is 11.4. The Hall–Kier alpha value is -4.20. The van der Waals surface area contributed by atoms with Crippen molar-refractivity contribution in [2.75, 3.05) is 5.01 Å². The Balaban J connectivity index is 1.56. The van der Waals surface area contributed by atoms with E-state index in [9.17, 15) is 19.5 Å². The number of carbonyl (C=O) groups is 1. The minimum absolute atomic E-state index is 0.0284. The number of hydrogen-bond acceptors (Lipinski definition) is 5. The van der Waals surface area contributed by atoms with Gasteiger partial charge in [0.05, 0.1) is 11.3 Å². The minimum atomic E-state index is -0.548. The van der Waals surface area contributed by atoms with Crippen molar-refractivity contribution in [3.8, 4) is 5.88 Å². The molecule has 0 bridgehead atoms. The lowest BCUT2D eigenvalue weighted by atomic mass is 9.94. The van der Waals surface area contributed by atoms with Crippen LogP contribution in [0.1, 0.15) is 93.0 Å². The maximum Gasteiger partial charge on any atom is 0.334 e. The van der Waals surface area contributed by atoms with Gasteiger partial charge in [-0.15, -0.1) is 0 Å². The largest absolute Gasteiger partial charge is 0.494 e. The van der Waals surface area contributed by atoms with Crippen LogP contribution in [0.2, 0.25) is 0 Å². The summed E-state index contributed by atoms with van der Waals surface area (Å²) in [5, 5.41) is 17.7. The summed E-state index contributed by atoms with van der Waals surface area (Å²) in [4.78, 5) is 41.9. The summed E-state index contributed by atoms with van der Waals surface area (Å²) in [5.74, 6) is -0.752. The highest BCUT2D eigenvalue weighted by molar-refractivity contribution is 6.37. The van der Waals surface area contributed by atoms with E-state index in [1.165, 1.54) is 20.2 Å². The first kappa shape index (κ1) is 27.0. The molecule has 0 radical (unpaired) electrons. The first-order chi connectivity index (χ1) is 20.0. The van der Waals surface area contributed by atoms with E-state index >= 15 is 0 Å². The zero-order chi connectivity index (χ0) is 28.5. The van der Waals surface area contributed by atoms with Gasteiger partial charge in [0.1, 0.15) is 11.3 Å². The summed E-state index contributed by atoms with van der Waals surface area (Å²) in [6.45, 7) is 1.91. The third kappa shape index (κ3) is 4.96. The van der Waals surface area contributed by atoms with Crippen molar-refractivity contribution in [1.29, 1.82) is 0 Å². The SMILES string of the molecule is Cc1ccccc1N1N=C(c2ccccc2)/C(=C/c2c(O)n(C3CCCCC3)c(=O)n(C3CCCCC3)c2=O)C1=O. The normalized spacial score (nSPS) is 19.6. The Morgan fingerprint density at radius 2 is 1.37 bits per heavy atom. The van der Waals surface area contributed by atoms with E-state index in [2.05, 4.69) is 0 Å². The number of carbonyl (C=O) groups excluding carboxylic acids is 1. The highest BCUT2D eigenvalue weighted by Gasteiger charge is 2.35. The first-order valence-electron chi connectivity index (χ1n) is 14.8. The smallest absolute Gasteiger partial charge is 0.334 e. The lowest BCUT2D eigenvalue weighted by Crippen LogP contribution is -2.45. The topological polar surface area (TPSA) is 96.9 Å². The van der Waals surface area contributed by atoms with Gasteiger partial charge >= 0.3 is 5.69 Å². The third-order valence-electron chi connectivity index (χ3n) is 8.77. The fourth-order valence-corrected chi connectivity index (χ4v) is 6.57. The molecule has 1 aliphatic heterocycles. The van der Waals surface area contributed by atoms with Crippen LogP contribution in [0.4, 0.5) is 5.69 Å².